The van der Waals surface area contributed by atoms with Crippen molar-refractivity contribution in [3.05, 3.63) is 58.1 Å². The Labute approximate surface area is 126 Å². The predicted molar refractivity (Wildman–Crippen MR) is 87.4 cm³/mol. The molecule has 0 N–H and O–H groups in total. The summed E-state index contributed by atoms with van der Waals surface area (Å²) in [7, 11) is 1.82. The van der Waals surface area contributed by atoms with Gasteiger partial charge >= 0.3 is 0 Å². The van der Waals surface area contributed by atoms with Gasteiger partial charge in [0.25, 0.3) is 0 Å². The molecule has 0 fully saturated rings. The first-order valence-electron chi connectivity index (χ1n) is 6.92. The summed E-state index contributed by atoms with van der Waals surface area (Å²) in [6.45, 7) is 0. The Hall–Kier alpha value is -1.38. The van der Waals surface area contributed by atoms with Gasteiger partial charge in [-0.2, -0.15) is 0 Å². The van der Waals surface area contributed by atoms with Gasteiger partial charge in [-0.15, -0.1) is 0 Å². The molecule has 100 valence electrons. The van der Waals surface area contributed by atoms with Gasteiger partial charge in [-0.1, -0.05) is 46.3 Å². The third-order valence-corrected chi connectivity index (χ3v) is 4.90. The summed E-state index contributed by atoms with van der Waals surface area (Å²) >= 11 is 3.60. The van der Waals surface area contributed by atoms with Crippen molar-refractivity contribution >= 4 is 37.5 Å². The lowest BCUT2D eigenvalue weighted by Gasteiger charge is -2.11. The van der Waals surface area contributed by atoms with E-state index in [1.807, 2.05) is 7.11 Å². The Bertz CT molecular complexity index is 822. The molecular formula is C18H15BrO. The van der Waals surface area contributed by atoms with Crippen molar-refractivity contribution in [2.75, 3.05) is 7.11 Å². The first kappa shape index (κ1) is 12.4. The zero-order chi connectivity index (χ0) is 13.7. The summed E-state index contributed by atoms with van der Waals surface area (Å²) in [4.78, 5) is 0. The van der Waals surface area contributed by atoms with Crippen LogP contribution in [0.4, 0.5) is 0 Å². The van der Waals surface area contributed by atoms with E-state index >= 15 is 0 Å². The molecular weight excluding hydrogens is 312 g/mol. The van der Waals surface area contributed by atoms with E-state index in [0.29, 0.717) is 6.10 Å². The van der Waals surface area contributed by atoms with Crippen LogP contribution in [0.25, 0.3) is 21.5 Å². The highest BCUT2D eigenvalue weighted by molar-refractivity contribution is 9.10. The van der Waals surface area contributed by atoms with E-state index < -0.39 is 0 Å². The molecule has 1 nitrogen and oxygen atoms in total. The first-order chi connectivity index (χ1) is 9.78. The molecule has 20 heavy (non-hydrogen) atoms. The monoisotopic (exact) mass is 326 g/mol. The van der Waals surface area contributed by atoms with Crippen molar-refractivity contribution in [1.82, 2.24) is 0 Å². The Morgan fingerprint density at radius 3 is 2.25 bits per heavy atom. The minimum absolute atomic E-state index is 0.322. The quantitative estimate of drug-likeness (QED) is 0.580. The van der Waals surface area contributed by atoms with Crippen LogP contribution in [0.3, 0.4) is 0 Å². The zero-order valence-electron chi connectivity index (χ0n) is 11.3. The maximum Gasteiger partial charge on any atom is 0.0652 e. The standard InChI is InChI=1S/C18H15BrO/c1-20-12-9-17-14-5-3-2-4-13(14)16-8-11(19)6-7-15(16)18(17)10-12/h2-8,12H,9-10H2,1H3. The van der Waals surface area contributed by atoms with Crippen LogP contribution in [0.2, 0.25) is 0 Å². The van der Waals surface area contributed by atoms with Gasteiger partial charge in [0.1, 0.15) is 0 Å². The molecule has 0 amide bonds. The summed E-state index contributed by atoms with van der Waals surface area (Å²) in [5.41, 5.74) is 2.94. The molecule has 4 rings (SSSR count). The number of fused-ring (bicyclic) bond motifs is 6. The molecule has 0 saturated heterocycles. The normalized spacial score (nSPS) is 17.8. The molecule has 0 heterocycles. The second-order valence-corrected chi connectivity index (χ2v) is 6.37. The largest absolute Gasteiger partial charge is 0.381 e. The van der Waals surface area contributed by atoms with Gasteiger partial charge in [-0.05, 0) is 57.6 Å². The number of ether oxygens (including phenoxy) is 1. The topological polar surface area (TPSA) is 9.23 Å². The lowest BCUT2D eigenvalue weighted by atomic mass is 9.93. The fraction of sp³-hybridized carbons (Fsp3) is 0.222. The van der Waals surface area contributed by atoms with Crippen LogP contribution >= 0.6 is 15.9 Å². The van der Waals surface area contributed by atoms with Crippen molar-refractivity contribution < 1.29 is 4.74 Å². The van der Waals surface area contributed by atoms with Gasteiger partial charge in [-0.3, -0.25) is 0 Å². The van der Waals surface area contributed by atoms with Gasteiger partial charge < -0.3 is 4.74 Å². The highest BCUT2D eigenvalue weighted by Crippen LogP contribution is 2.39. The maximum atomic E-state index is 5.61. The zero-order valence-corrected chi connectivity index (χ0v) is 12.9. The fourth-order valence-corrected chi connectivity index (χ4v) is 3.83. The summed E-state index contributed by atoms with van der Waals surface area (Å²) in [5, 5.41) is 5.44. The van der Waals surface area contributed by atoms with Crippen LogP contribution in [-0.4, -0.2) is 13.2 Å². The Morgan fingerprint density at radius 1 is 0.900 bits per heavy atom. The number of hydrogen-bond donors (Lipinski definition) is 0. The van der Waals surface area contributed by atoms with E-state index in [-0.39, 0.29) is 0 Å². The summed E-state index contributed by atoms with van der Waals surface area (Å²) in [5.74, 6) is 0. The fourth-order valence-electron chi connectivity index (χ4n) is 3.47. The number of methoxy groups -OCH3 is 1. The van der Waals surface area contributed by atoms with E-state index in [1.165, 1.54) is 32.7 Å². The molecule has 0 saturated carbocycles. The van der Waals surface area contributed by atoms with Gasteiger partial charge in [0, 0.05) is 11.6 Å². The molecule has 0 spiro atoms. The van der Waals surface area contributed by atoms with Gasteiger partial charge in [0.2, 0.25) is 0 Å². The second kappa shape index (κ2) is 4.57. The molecule has 0 aromatic heterocycles. The maximum absolute atomic E-state index is 5.61. The van der Waals surface area contributed by atoms with Gasteiger partial charge in [0.05, 0.1) is 6.10 Å². The van der Waals surface area contributed by atoms with Crippen molar-refractivity contribution in [1.29, 1.82) is 0 Å². The average molecular weight is 327 g/mol. The molecule has 0 bridgehead atoms. The number of halogens is 1. The average Bonchev–Trinajstić information content (AvgIpc) is 2.92. The molecule has 2 heteroatoms. The molecule has 1 aliphatic rings. The van der Waals surface area contributed by atoms with E-state index in [2.05, 4.69) is 58.4 Å². The molecule has 0 aliphatic heterocycles. The molecule has 3 aromatic rings. The Morgan fingerprint density at radius 2 is 1.55 bits per heavy atom. The van der Waals surface area contributed by atoms with Crippen LogP contribution in [0, 0.1) is 0 Å². The van der Waals surface area contributed by atoms with Crippen LogP contribution in [0.1, 0.15) is 11.1 Å². The minimum Gasteiger partial charge on any atom is -0.381 e. The Kier molecular flexibility index (Phi) is 2.83. The van der Waals surface area contributed by atoms with E-state index in [9.17, 15) is 0 Å². The lowest BCUT2D eigenvalue weighted by molar-refractivity contribution is 0.112. The molecule has 3 aromatic carbocycles. The predicted octanol–water partition coefficient (Wildman–Crippen LogP) is 4.87. The van der Waals surface area contributed by atoms with Crippen molar-refractivity contribution in [3.63, 3.8) is 0 Å². The number of benzene rings is 3. The second-order valence-electron chi connectivity index (χ2n) is 5.46. The number of rotatable bonds is 1. The summed E-state index contributed by atoms with van der Waals surface area (Å²) in [6, 6.07) is 15.3. The molecule has 1 aliphatic carbocycles. The Balaban J connectivity index is 2.17. The molecule has 1 unspecified atom stereocenters. The van der Waals surface area contributed by atoms with E-state index in [0.717, 1.165) is 17.3 Å². The van der Waals surface area contributed by atoms with E-state index in [1.54, 1.807) is 0 Å². The highest BCUT2D eigenvalue weighted by atomic mass is 79.9. The third-order valence-electron chi connectivity index (χ3n) is 4.41. The third kappa shape index (κ3) is 1.72. The van der Waals surface area contributed by atoms with Gasteiger partial charge in [0.15, 0.2) is 0 Å². The lowest BCUT2D eigenvalue weighted by Crippen LogP contribution is -2.08. The van der Waals surface area contributed by atoms with Crippen LogP contribution in [0.5, 0.6) is 0 Å². The smallest absolute Gasteiger partial charge is 0.0652 e. The molecule has 0 radical (unpaired) electrons. The van der Waals surface area contributed by atoms with Gasteiger partial charge in [-0.25, -0.2) is 0 Å². The minimum atomic E-state index is 0.322. The summed E-state index contributed by atoms with van der Waals surface area (Å²) < 4.78 is 6.74. The van der Waals surface area contributed by atoms with Crippen LogP contribution in [0.15, 0.2) is 46.9 Å². The highest BCUT2D eigenvalue weighted by Gasteiger charge is 2.25. The van der Waals surface area contributed by atoms with Crippen molar-refractivity contribution in [2.24, 2.45) is 0 Å². The van der Waals surface area contributed by atoms with Crippen LogP contribution in [-0.2, 0) is 17.6 Å². The van der Waals surface area contributed by atoms with Crippen LogP contribution < -0.4 is 0 Å². The van der Waals surface area contributed by atoms with E-state index in [4.69, 9.17) is 4.74 Å². The first-order valence-corrected chi connectivity index (χ1v) is 7.71. The number of hydrogen-bond acceptors (Lipinski definition) is 1. The SMILES string of the molecule is COC1Cc2c(c3ccc(Br)cc3c3ccccc23)C1. The summed E-state index contributed by atoms with van der Waals surface area (Å²) in [6.07, 6.45) is 2.37. The van der Waals surface area contributed by atoms with Crippen molar-refractivity contribution in [3.8, 4) is 0 Å². The van der Waals surface area contributed by atoms with Crippen molar-refractivity contribution in [2.45, 2.75) is 18.9 Å². The molecule has 1 atom stereocenters.